The number of rotatable bonds is 7. The summed E-state index contributed by atoms with van der Waals surface area (Å²) < 4.78 is 3.12. The minimum atomic E-state index is -0.238. The van der Waals surface area contributed by atoms with E-state index >= 15 is 0 Å². The van der Waals surface area contributed by atoms with E-state index in [2.05, 4.69) is 20.8 Å². The number of aromatic nitrogens is 4. The average Bonchev–Trinajstić information content (AvgIpc) is 3.26. The van der Waals surface area contributed by atoms with Crippen LogP contribution in [-0.4, -0.2) is 42.8 Å². The Hall–Kier alpha value is -3.66. The van der Waals surface area contributed by atoms with Crippen LogP contribution in [0.2, 0.25) is 0 Å². The van der Waals surface area contributed by atoms with Gasteiger partial charge in [0.15, 0.2) is 5.16 Å². The van der Waals surface area contributed by atoms with E-state index in [-0.39, 0.29) is 29.2 Å². The quantitative estimate of drug-likeness (QED) is 0.395. The van der Waals surface area contributed by atoms with Crippen LogP contribution in [0.15, 0.2) is 52.4 Å². The van der Waals surface area contributed by atoms with Crippen LogP contribution in [0.4, 0.5) is 5.69 Å². The summed E-state index contributed by atoms with van der Waals surface area (Å²) in [5.41, 5.74) is 2.44. The Bertz CT molecular complexity index is 1460. The Morgan fingerprint density at radius 1 is 1.15 bits per heavy atom. The van der Waals surface area contributed by atoms with Crippen molar-refractivity contribution in [3.63, 3.8) is 0 Å². The fourth-order valence-corrected chi connectivity index (χ4v) is 4.27. The summed E-state index contributed by atoms with van der Waals surface area (Å²) in [5, 5.41) is 15.1. The number of nitrogens with one attached hydrogen (secondary N) is 2. The van der Waals surface area contributed by atoms with Crippen LogP contribution in [0.1, 0.15) is 36.2 Å². The third-order valence-corrected chi connectivity index (χ3v) is 6.62. The van der Waals surface area contributed by atoms with Gasteiger partial charge >= 0.3 is 0 Å². The molecule has 0 fully saturated rings. The topological polar surface area (TPSA) is 110 Å². The van der Waals surface area contributed by atoms with Gasteiger partial charge in [-0.2, -0.15) is 0 Å². The van der Waals surface area contributed by atoms with E-state index in [0.29, 0.717) is 27.4 Å². The second kappa shape index (κ2) is 9.68. The van der Waals surface area contributed by atoms with Gasteiger partial charge in [-0.15, -0.1) is 10.2 Å². The maximum atomic E-state index is 12.9. The van der Waals surface area contributed by atoms with Crippen LogP contribution in [0.25, 0.3) is 16.7 Å². The molecule has 34 heavy (non-hydrogen) atoms. The molecule has 176 valence electrons. The lowest BCUT2D eigenvalue weighted by Crippen LogP contribution is -2.32. The van der Waals surface area contributed by atoms with E-state index in [1.807, 2.05) is 45.0 Å². The lowest BCUT2D eigenvalue weighted by molar-refractivity contribution is -0.113. The molecule has 0 aliphatic rings. The van der Waals surface area contributed by atoms with Crippen molar-refractivity contribution < 1.29 is 9.59 Å². The number of para-hydroxylation sites is 1. The molecule has 0 saturated heterocycles. The molecule has 2 amide bonds. The first-order valence-electron chi connectivity index (χ1n) is 11.0. The number of carbonyl (C=O) groups is 2. The smallest absolute Gasteiger partial charge is 0.262 e. The van der Waals surface area contributed by atoms with E-state index in [9.17, 15) is 14.4 Å². The van der Waals surface area contributed by atoms with E-state index < -0.39 is 0 Å². The first-order chi connectivity index (χ1) is 16.3. The number of anilines is 1. The molecule has 2 aromatic carbocycles. The van der Waals surface area contributed by atoms with Crippen LogP contribution in [0.5, 0.6) is 0 Å². The van der Waals surface area contributed by atoms with Crippen molar-refractivity contribution in [3.8, 4) is 0 Å². The van der Waals surface area contributed by atoms with Crippen LogP contribution in [0.3, 0.4) is 0 Å². The molecule has 1 unspecified atom stereocenters. The molecule has 0 spiro atoms. The monoisotopic (exact) mass is 478 g/mol. The molecule has 0 bridgehead atoms. The van der Waals surface area contributed by atoms with Gasteiger partial charge in [0.1, 0.15) is 0 Å². The molecule has 10 heteroatoms. The van der Waals surface area contributed by atoms with Gasteiger partial charge in [-0.3, -0.25) is 23.4 Å². The highest BCUT2D eigenvalue weighted by Gasteiger charge is 2.18. The number of nitrogens with zero attached hydrogens (tertiary/aromatic N) is 4. The van der Waals surface area contributed by atoms with E-state index in [1.54, 1.807) is 29.6 Å². The molecular weight excluding hydrogens is 452 g/mol. The Morgan fingerprint density at radius 2 is 1.91 bits per heavy atom. The van der Waals surface area contributed by atoms with Gasteiger partial charge in [0, 0.05) is 24.3 Å². The standard InChI is InChI=1S/C24H26N6O3S/c1-5-15(3)25-21(32)16-10-11-17-19(12-16)30-23(29(4)22(17)33)27-28-24(30)34-13-20(31)26-18-9-7-6-8-14(18)2/h6-12,15H,5,13H2,1-4H3,(H,25,32)(H,26,31). The highest BCUT2D eigenvalue weighted by molar-refractivity contribution is 7.99. The van der Waals surface area contributed by atoms with Crippen LogP contribution in [-0.2, 0) is 11.8 Å². The second-order valence-corrected chi connectivity index (χ2v) is 9.09. The molecule has 0 aliphatic carbocycles. The fraction of sp³-hybridized carbons (Fsp3) is 0.292. The summed E-state index contributed by atoms with van der Waals surface area (Å²) in [6, 6.07) is 12.5. The van der Waals surface area contributed by atoms with Gasteiger partial charge < -0.3 is 10.6 Å². The number of fused-ring (bicyclic) bond motifs is 3. The maximum absolute atomic E-state index is 12.9. The summed E-state index contributed by atoms with van der Waals surface area (Å²) in [6.45, 7) is 5.86. The maximum Gasteiger partial charge on any atom is 0.262 e. The van der Waals surface area contributed by atoms with Gasteiger partial charge in [0.25, 0.3) is 11.5 Å². The van der Waals surface area contributed by atoms with Crippen molar-refractivity contribution in [1.29, 1.82) is 0 Å². The molecule has 0 saturated carbocycles. The first kappa shape index (κ1) is 23.5. The predicted molar refractivity (Wildman–Crippen MR) is 133 cm³/mol. The zero-order chi connectivity index (χ0) is 24.4. The van der Waals surface area contributed by atoms with Crippen LogP contribution < -0.4 is 16.2 Å². The third-order valence-electron chi connectivity index (χ3n) is 5.69. The summed E-state index contributed by atoms with van der Waals surface area (Å²) in [5.74, 6) is 0.0377. The number of amides is 2. The summed E-state index contributed by atoms with van der Waals surface area (Å²) in [7, 11) is 1.62. The number of thioether (sulfide) groups is 1. The molecule has 0 aliphatic heterocycles. The molecule has 1 atom stereocenters. The molecule has 9 nitrogen and oxygen atoms in total. The third kappa shape index (κ3) is 4.54. The van der Waals surface area contributed by atoms with E-state index in [1.165, 1.54) is 16.3 Å². The summed E-state index contributed by atoms with van der Waals surface area (Å²) in [6.07, 6.45) is 0.806. The number of aryl methyl sites for hydroxylation is 2. The van der Waals surface area contributed by atoms with Crippen LogP contribution >= 0.6 is 11.8 Å². The molecule has 2 N–H and O–H groups in total. The van der Waals surface area contributed by atoms with Crippen molar-refractivity contribution in [3.05, 3.63) is 63.9 Å². The zero-order valence-corrected chi connectivity index (χ0v) is 20.3. The Morgan fingerprint density at radius 3 is 2.65 bits per heavy atom. The Balaban J connectivity index is 1.69. The van der Waals surface area contributed by atoms with Crippen LogP contribution in [0, 0.1) is 6.92 Å². The highest BCUT2D eigenvalue weighted by atomic mass is 32.2. The zero-order valence-electron chi connectivity index (χ0n) is 19.5. The lowest BCUT2D eigenvalue weighted by Gasteiger charge is -2.13. The van der Waals surface area contributed by atoms with Gasteiger partial charge in [0.05, 0.1) is 16.7 Å². The fourth-order valence-electron chi connectivity index (χ4n) is 3.53. The molecule has 4 rings (SSSR count). The average molecular weight is 479 g/mol. The van der Waals surface area contributed by atoms with Gasteiger partial charge in [-0.1, -0.05) is 36.9 Å². The van der Waals surface area contributed by atoms with E-state index in [4.69, 9.17) is 0 Å². The molecule has 4 aromatic rings. The summed E-state index contributed by atoms with van der Waals surface area (Å²) >= 11 is 1.21. The van der Waals surface area contributed by atoms with Crippen molar-refractivity contribution in [2.75, 3.05) is 11.1 Å². The SMILES string of the molecule is CCC(C)NC(=O)c1ccc2c(=O)n(C)c3nnc(SCC(=O)Nc4ccccc4C)n3c2c1. The van der Waals surface area contributed by atoms with Crippen molar-refractivity contribution >= 4 is 45.9 Å². The Labute approximate surface area is 200 Å². The number of carbonyl (C=O) groups excluding carboxylic acids is 2. The van der Waals surface area contributed by atoms with Crippen molar-refractivity contribution in [1.82, 2.24) is 24.5 Å². The number of hydrogen-bond acceptors (Lipinski definition) is 6. The number of benzene rings is 2. The second-order valence-electron chi connectivity index (χ2n) is 8.15. The van der Waals surface area contributed by atoms with Gasteiger partial charge in [-0.25, -0.2) is 0 Å². The minimum Gasteiger partial charge on any atom is -0.350 e. The molecule has 2 heterocycles. The summed E-state index contributed by atoms with van der Waals surface area (Å²) in [4.78, 5) is 38.1. The number of hydrogen-bond donors (Lipinski definition) is 2. The predicted octanol–water partition coefficient (Wildman–Crippen LogP) is 3.15. The van der Waals surface area contributed by atoms with Crippen molar-refractivity contribution in [2.24, 2.45) is 7.05 Å². The van der Waals surface area contributed by atoms with Gasteiger partial charge in [-0.05, 0) is 50.1 Å². The normalized spacial score (nSPS) is 12.1. The van der Waals surface area contributed by atoms with Gasteiger partial charge in [0.2, 0.25) is 11.7 Å². The lowest BCUT2D eigenvalue weighted by atomic mass is 10.1. The van der Waals surface area contributed by atoms with Crippen molar-refractivity contribution in [2.45, 2.75) is 38.4 Å². The largest absolute Gasteiger partial charge is 0.350 e. The minimum absolute atomic E-state index is 0.0275. The molecule has 0 radical (unpaired) electrons. The molecule has 2 aromatic heterocycles. The highest BCUT2D eigenvalue weighted by Crippen LogP contribution is 2.23. The van der Waals surface area contributed by atoms with E-state index in [0.717, 1.165) is 17.7 Å². The molecular formula is C24H26N6O3S. The Kier molecular flexibility index (Phi) is 6.69. The first-order valence-corrected chi connectivity index (χ1v) is 12.0.